The van der Waals surface area contributed by atoms with E-state index >= 15 is 0 Å². The van der Waals surface area contributed by atoms with Gasteiger partial charge in [-0.15, -0.1) is 6.42 Å². The van der Waals surface area contributed by atoms with Crippen molar-refractivity contribution in [2.45, 2.75) is 62.9 Å². The molecule has 6 heteroatoms. The highest BCUT2D eigenvalue weighted by molar-refractivity contribution is 7.89. The second-order valence-electron chi connectivity index (χ2n) is 7.07. The molecule has 2 rings (SSSR count). The molecule has 0 N–H and O–H groups in total. The second kappa shape index (κ2) is 8.70. The van der Waals surface area contributed by atoms with E-state index in [2.05, 4.69) is 5.92 Å². The van der Waals surface area contributed by atoms with Crippen LogP contribution in [0.25, 0.3) is 0 Å². The van der Waals surface area contributed by atoms with Gasteiger partial charge in [-0.2, -0.15) is 4.31 Å². The maximum atomic E-state index is 12.9. The molecule has 0 spiro atoms. The quantitative estimate of drug-likeness (QED) is 0.717. The molecular weight excluding hydrogens is 348 g/mol. The van der Waals surface area contributed by atoms with Crippen molar-refractivity contribution in [2.75, 3.05) is 13.6 Å². The van der Waals surface area contributed by atoms with E-state index in [1.54, 1.807) is 24.1 Å². The first-order chi connectivity index (χ1) is 12.3. The number of benzene rings is 1. The minimum Gasteiger partial charge on any atom is -0.325 e. The van der Waals surface area contributed by atoms with Crippen LogP contribution in [-0.2, 0) is 10.0 Å². The first-order valence-corrected chi connectivity index (χ1v) is 10.6. The first-order valence-electron chi connectivity index (χ1n) is 9.11. The zero-order chi connectivity index (χ0) is 19.3. The summed E-state index contributed by atoms with van der Waals surface area (Å²) in [7, 11) is -2.00. The van der Waals surface area contributed by atoms with E-state index in [4.69, 9.17) is 6.42 Å². The summed E-state index contributed by atoms with van der Waals surface area (Å²) in [4.78, 5) is 14.8. The summed E-state index contributed by atoms with van der Waals surface area (Å²) in [5.74, 6) is 2.45. The topological polar surface area (TPSA) is 57.7 Å². The monoisotopic (exact) mass is 376 g/mol. The van der Waals surface area contributed by atoms with Crippen LogP contribution in [0, 0.1) is 12.3 Å². The van der Waals surface area contributed by atoms with E-state index in [1.807, 2.05) is 13.8 Å². The fourth-order valence-corrected chi connectivity index (χ4v) is 4.60. The highest BCUT2D eigenvalue weighted by Gasteiger charge is 2.27. The average Bonchev–Trinajstić information content (AvgIpc) is 2.65. The summed E-state index contributed by atoms with van der Waals surface area (Å²) in [6.07, 6.45) is 10.8. The lowest BCUT2D eigenvalue weighted by Gasteiger charge is -2.33. The molecule has 1 fully saturated rings. The van der Waals surface area contributed by atoms with Crippen molar-refractivity contribution in [1.82, 2.24) is 9.21 Å². The number of hydrogen-bond acceptors (Lipinski definition) is 3. The van der Waals surface area contributed by atoms with E-state index in [0.717, 1.165) is 25.7 Å². The lowest BCUT2D eigenvalue weighted by molar-refractivity contribution is 0.0667. The number of terminal acetylenes is 1. The largest absolute Gasteiger partial charge is 0.325 e. The summed E-state index contributed by atoms with van der Waals surface area (Å²) in [5.41, 5.74) is 0.469. The maximum Gasteiger partial charge on any atom is 0.254 e. The highest BCUT2D eigenvalue weighted by Crippen LogP contribution is 2.24. The Bertz CT molecular complexity index is 757. The highest BCUT2D eigenvalue weighted by atomic mass is 32.2. The van der Waals surface area contributed by atoms with Crippen LogP contribution in [0.2, 0.25) is 0 Å². The Morgan fingerprint density at radius 2 is 1.77 bits per heavy atom. The molecule has 1 saturated carbocycles. The van der Waals surface area contributed by atoms with Gasteiger partial charge in [0.2, 0.25) is 10.0 Å². The van der Waals surface area contributed by atoms with Gasteiger partial charge in [-0.1, -0.05) is 25.2 Å². The SMILES string of the molecule is C#CCN(C(=O)c1ccc(S(=O)(=O)N(C)C(C)C)cc1)C1CCCCC1. The van der Waals surface area contributed by atoms with Crippen molar-refractivity contribution >= 4 is 15.9 Å². The van der Waals surface area contributed by atoms with E-state index in [1.165, 1.54) is 22.9 Å². The molecule has 5 nitrogen and oxygen atoms in total. The molecule has 142 valence electrons. The van der Waals surface area contributed by atoms with Gasteiger partial charge in [-0.25, -0.2) is 8.42 Å². The van der Waals surface area contributed by atoms with Crippen molar-refractivity contribution in [1.29, 1.82) is 0 Å². The Labute approximate surface area is 157 Å². The van der Waals surface area contributed by atoms with E-state index in [9.17, 15) is 13.2 Å². The summed E-state index contributed by atoms with van der Waals surface area (Å²) >= 11 is 0. The molecule has 0 heterocycles. The van der Waals surface area contributed by atoms with E-state index in [-0.39, 0.29) is 29.4 Å². The fraction of sp³-hybridized carbons (Fsp3) is 0.550. The first kappa shape index (κ1) is 20.5. The predicted molar refractivity (Wildman–Crippen MR) is 103 cm³/mol. The minimum absolute atomic E-state index is 0.129. The van der Waals surface area contributed by atoms with Crippen LogP contribution in [-0.4, -0.2) is 49.2 Å². The van der Waals surface area contributed by atoms with Crippen LogP contribution < -0.4 is 0 Å². The molecule has 1 aromatic rings. The van der Waals surface area contributed by atoms with Gasteiger partial charge in [-0.3, -0.25) is 4.79 Å². The number of carbonyl (C=O) groups is 1. The average molecular weight is 377 g/mol. The molecule has 1 amide bonds. The predicted octanol–water partition coefficient (Wildman–Crippen LogP) is 3.12. The van der Waals surface area contributed by atoms with Crippen LogP contribution >= 0.6 is 0 Å². The van der Waals surface area contributed by atoms with Crippen molar-refractivity contribution in [3.8, 4) is 12.3 Å². The Kier molecular flexibility index (Phi) is 6.85. The van der Waals surface area contributed by atoms with Gasteiger partial charge in [0.1, 0.15) is 0 Å². The summed E-state index contributed by atoms with van der Waals surface area (Å²) in [6, 6.07) is 6.18. The molecule has 1 aliphatic carbocycles. The standard InChI is InChI=1S/C20H28N2O3S/c1-5-15-22(18-9-7-6-8-10-18)20(23)17-11-13-19(14-12-17)26(24,25)21(4)16(2)3/h1,11-14,16,18H,6-10,15H2,2-4H3. The van der Waals surface area contributed by atoms with Crippen molar-refractivity contribution in [3.63, 3.8) is 0 Å². The molecule has 0 saturated heterocycles. The molecule has 0 aliphatic heterocycles. The third-order valence-electron chi connectivity index (χ3n) is 5.04. The molecule has 1 aromatic carbocycles. The zero-order valence-corrected chi connectivity index (χ0v) is 16.6. The molecular formula is C20H28N2O3S. The van der Waals surface area contributed by atoms with Gasteiger partial charge in [0.15, 0.2) is 0 Å². The van der Waals surface area contributed by atoms with Crippen LogP contribution in [0.5, 0.6) is 0 Å². The summed E-state index contributed by atoms with van der Waals surface area (Å²) in [6.45, 7) is 3.91. The molecule has 26 heavy (non-hydrogen) atoms. The van der Waals surface area contributed by atoms with Gasteiger partial charge in [0.25, 0.3) is 5.91 Å². The van der Waals surface area contributed by atoms with Crippen molar-refractivity contribution < 1.29 is 13.2 Å². The lowest BCUT2D eigenvalue weighted by atomic mass is 9.93. The van der Waals surface area contributed by atoms with Crippen molar-refractivity contribution in [3.05, 3.63) is 29.8 Å². The van der Waals surface area contributed by atoms with Gasteiger partial charge in [0.05, 0.1) is 11.4 Å². The van der Waals surface area contributed by atoms with E-state index < -0.39 is 10.0 Å². The number of carbonyl (C=O) groups excluding carboxylic acids is 1. The number of amides is 1. The van der Waals surface area contributed by atoms with Crippen LogP contribution in [0.1, 0.15) is 56.3 Å². The normalized spacial score (nSPS) is 15.8. The Hall–Kier alpha value is -1.84. The molecule has 0 unspecified atom stereocenters. The second-order valence-corrected chi connectivity index (χ2v) is 9.07. The van der Waals surface area contributed by atoms with Crippen LogP contribution in [0.4, 0.5) is 0 Å². The van der Waals surface area contributed by atoms with Gasteiger partial charge >= 0.3 is 0 Å². The van der Waals surface area contributed by atoms with Crippen LogP contribution in [0.3, 0.4) is 0 Å². The Balaban J connectivity index is 2.23. The number of rotatable bonds is 6. The number of hydrogen-bond donors (Lipinski definition) is 0. The molecule has 0 atom stereocenters. The van der Waals surface area contributed by atoms with Crippen LogP contribution in [0.15, 0.2) is 29.2 Å². The third-order valence-corrected chi connectivity index (χ3v) is 7.09. The Morgan fingerprint density at radius 1 is 1.19 bits per heavy atom. The third kappa shape index (κ3) is 4.46. The number of sulfonamides is 1. The molecule has 0 bridgehead atoms. The fourth-order valence-electron chi connectivity index (χ4n) is 3.24. The minimum atomic E-state index is -3.56. The van der Waals surface area contributed by atoms with Gasteiger partial charge in [-0.05, 0) is 51.0 Å². The smallest absolute Gasteiger partial charge is 0.254 e. The molecule has 1 aliphatic rings. The molecule has 0 aromatic heterocycles. The summed E-state index contributed by atoms with van der Waals surface area (Å²) < 4.78 is 26.4. The molecule has 0 radical (unpaired) electrons. The summed E-state index contributed by atoms with van der Waals surface area (Å²) in [5, 5.41) is 0. The zero-order valence-electron chi connectivity index (χ0n) is 15.8. The van der Waals surface area contributed by atoms with E-state index in [0.29, 0.717) is 5.56 Å². The number of nitrogens with zero attached hydrogens (tertiary/aromatic N) is 2. The lowest BCUT2D eigenvalue weighted by Crippen LogP contribution is -2.41. The van der Waals surface area contributed by atoms with Gasteiger partial charge in [0, 0.05) is 24.7 Å². The maximum absolute atomic E-state index is 12.9. The Morgan fingerprint density at radius 3 is 2.27 bits per heavy atom. The van der Waals surface area contributed by atoms with Crippen molar-refractivity contribution in [2.24, 2.45) is 0 Å². The van der Waals surface area contributed by atoms with Gasteiger partial charge < -0.3 is 4.90 Å².